The number of hydrogen-bond acceptors (Lipinski definition) is 7. The minimum Gasteiger partial charge on any atom is -0.504 e. The van der Waals surface area contributed by atoms with Gasteiger partial charge in [0, 0.05) is 35.9 Å². The molecule has 5 rings (SSSR count). The smallest absolute Gasteiger partial charge is 0.231 e. The van der Waals surface area contributed by atoms with Crippen LogP contribution in [0.15, 0.2) is 66.9 Å². The minimum atomic E-state index is 0.194. The molecule has 174 valence electrons. The molecule has 0 aliphatic carbocycles. The summed E-state index contributed by atoms with van der Waals surface area (Å²) in [7, 11) is 1.55. The number of rotatable bonds is 9. The molecule has 7 heteroatoms. The molecule has 0 radical (unpaired) electrons. The van der Waals surface area contributed by atoms with Crippen LogP contribution in [-0.4, -0.2) is 37.1 Å². The maximum atomic E-state index is 10.2. The van der Waals surface area contributed by atoms with Crippen molar-refractivity contribution in [1.82, 2.24) is 10.3 Å². The number of hydrogen-bond donors (Lipinski definition) is 3. The summed E-state index contributed by atoms with van der Waals surface area (Å²) in [6.45, 7) is 2.50. The number of aromatic hydroxyl groups is 1. The van der Waals surface area contributed by atoms with Crippen LogP contribution in [0, 0.1) is 0 Å². The van der Waals surface area contributed by atoms with E-state index in [0.29, 0.717) is 12.3 Å². The lowest BCUT2D eigenvalue weighted by Crippen LogP contribution is -2.17. The summed E-state index contributed by atoms with van der Waals surface area (Å²) in [6.07, 6.45) is 2.77. The number of para-hydroxylation sites is 1. The van der Waals surface area contributed by atoms with E-state index in [1.165, 1.54) is 0 Å². The second-order valence-electron chi connectivity index (χ2n) is 8.08. The fourth-order valence-corrected chi connectivity index (χ4v) is 4.09. The highest BCUT2D eigenvalue weighted by molar-refractivity contribution is 5.93. The van der Waals surface area contributed by atoms with Crippen molar-refractivity contribution in [2.45, 2.75) is 13.0 Å². The predicted octanol–water partition coefficient (Wildman–Crippen LogP) is 4.94. The van der Waals surface area contributed by atoms with Crippen LogP contribution in [0.2, 0.25) is 0 Å². The van der Waals surface area contributed by atoms with E-state index >= 15 is 0 Å². The molecule has 1 aliphatic rings. The molecule has 0 spiro atoms. The highest BCUT2D eigenvalue weighted by atomic mass is 16.7. The minimum absolute atomic E-state index is 0.194. The molecule has 0 saturated carbocycles. The van der Waals surface area contributed by atoms with Gasteiger partial charge in [-0.2, -0.15) is 0 Å². The van der Waals surface area contributed by atoms with E-state index in [0.717, 1.165) is 64.3 Å². The van der Waals surface area contributed by atoms with E-state index in [2.05, 4.69) is 33.8 Å². The third-order valence-electron chi connectivity index (χ3n) is 5.91. The molecule has 0 amide bonds. The Kier molecular flexibility index (Phi) is 6.35. The highest BCUT2D eigenvalue weighted by Gasteiger charge is 2.14. The zero-order valence-corrected chi connectivity index (χ0v) is 19.0. The average molecular weight is 458 g/mol. The second-order valence-corrected chi connectivity index (χ2v) is 8.08. The number of aromatic nitrogens is 1. The fraction of sp³-hybridized carbons (Fsp3) is 0.222. The van der Waals surface area contributed by atoms with Gasteiger partial charge in [0.25, 0.3) is 0 Å². The van der Waals surface area contributed by atoms with Gasteiger partial charge in [-0.3, -0.25) is 4.98 Å². The molecule has 1 aliphatic heterocycles. The number of nitrogens with one attached hydrogen (secondary N) is 2. The van der Waals surface area contributed by atoms with Crippen molar-refractivity contribution in [3.05, 3.63) is 72.4 Å². The number of pyridine rings is 1. The first-order chi connectivity index (χ1) is 16.7. The molecular weight excluding hydrogens is 430 g/mol. The Bertz CT molecular complexity index is 1310. The SMILES string of the molecule is COc1cccc(CNCCCNc2ccnc3cc(-c4ccc5c(c4)OCO5)ccc23)c1O. The van der Waals surface area contributed by atoms with Gasteiger partial charge in [0.1, 0.15) is 0 Å². The van der Waals surface area contributed by atoms with Gasteiger partial charge >= 0.3 is 0 Å². The number of ether oxygens (including phenoxy) is 3. The Morgan fingerprint density at radius 1 is 0.971 bits per heavy atom. The number of benzene rings is 3. The Morgan fingerprint density at radius 2 is 1.82 bits per heavy atom. The van der Waals surface area contributed by atoms with Crippen LogP contribution >= 0.6 is 0 Å². The van der Waals surface area contributed by atoms with Crippen molar-refractivity contribution < 1.29 is 19.3 Å². The Hall–Kier alpha value is -3.97. The highest BCUT2D eigenvalue weighted by Crippen LogP contribution is 2.37. The van der Waals surface area contributed by atoms with E-state index in [1.54, 1.807) is 13.2 Å². The molecule has 0 unspecified atom stereocenters. The normalized spacial score (nSPS) is 12.1. The summed E-state index contributed by atoms with van der Waals surface area (Å²) >= 11 is 0. The predicted molar refractivity (Wildman–Crippen MR) is 133 cm³/mol. The van der Waals surface area contributed by atoms with Gasteiger partial charge in [0.2, 0.25) is 6.79 Å². The van der Waals surface area contributed by atoms with E-state index in [4.69, 9.17) is 14.2 Å². The first-order valence-corrected chi connectivity index (χ1v) is 11.3. The monoisotopic (exact) mass is 457 g/mol. The van der Waals surface area contributed by atoms with Gasteiger partial charge in [0.05, 0.1) is 12.6 Å². The summed E-state index contributed by atoms with van der Waals surface area (Å²) in [6, 6.07) is 19.8. The van der Waals surface area contributed by atoms with E-state index in [1.807, 2.05) is 42.6 Å². The van der Waals surface area contributed by atoms with Crippen molar-refractivity contribution in [2.24, 2.45) is 0 Å². The molecule has 3 N–H and O–H groups in total. The van der Waals surface area contributed by atoms with Crippen LogP contribution in [0.4, 0.5) is 5.69 Å². The number of nitrogens with zero attached hydrogens (tertiary/aromatic N) is 1. The summed E-state index contributed by atoms with van der Waals surface area (Å²) in [5, 5.41) is 18.2. The lowest BCUT2D eigenvalue weighted by Gasteiger charge is -2.12. The van der Waals surface area contributed by atoms with Crippen molar-refractivity contribution in [2.75, 3.05) is 32.3 Å². The molecule has 2 heterocycles. The van der Waals surface area contributed by atoms with Crippen LogP contribution in [0.1, 0.15) is 12.0 Å². The molecule has 7 nitrogen and oxygen atoms in total. The fourth-order valence-electron chi connectivity index (χ4n) is 4.09. The maximum absolute atomic E-state index is 10.2. The van der Waals surface area contributed by atoms with Crippen molar-refractivity contribution in [1.29, 1.82) is 0 Å². The third kappa shape index (κ3) is 4.56. The van der Waals surface area contributed by atoms with Gasteiger partial charge in [-0.25, -0.2) is 0 Å². The quantitative estimate of drug-likeness (QED) is 0.307. The van der Waals surface area contributed by atoms with Crippen molar-refractivity contribution in [3.63, 3.8) is 0 Å². The van der Waals surface area contributed by atoms with Gasteiger partial charge < -0.3 is 30.0 Å². The number of phenolic OH excluding ortho intramolecular Hbond substituents is 1. The topological polar surface area (TPSA) is 84.9 Å². The summed E-state index contributed by atoms with van der Waals surface area (Å²) in [5.74, 6) is 2.24. The molecule has 0 saturated heterocycles. The van der Waals surface area contributed by atoms with Crippen molar-refractivity contribution in [3.8, 4) is 34.1 Å². The number of methoxy groups -OCH3 is 1. The summed E-state index contributed by atoms with van der Waals surface area (Å²) < 4.78 is 16.1. The van der Waals surface area contributed by atoms with Crippen LogP contribution in [0.3, 0.4) is 0 Å². The van der Waals surface area contributed by atoms with Crippen molar-refractivity contribution >= 4 is 16.6 Å². The molecule has 0 atom stereocenters. The lowest BCUT2D eigenvalue weighted by molar-refractivity contribution is 0.174. The standard InChI is InChI=1S/C27H27N3O4/c1-32-25-5-2-4-20(27(25)31)16-28-11-3-12-29-22-10-13-30-23-14-18(6-8-21(22)23)19-7-9-24-26(15-19)34-17-33-24/h2,4-10,13-15,28,31H,3,11-12,16-17H2,1H3,(H,29,30). The Balaban J connectivity index is 1.18. The van der Waals surface area contributed by atoms with E-state index in [9.17, 15) is 5.11 Å². The first-order valence-electron chi connectivity index (χ1n) is 11.3. The molecule has 3 aromatic carbocycles. The van der Waals surface area contributed by atoms with Gasteiger partial charge in [-0.05, 0) is 54.4 Å². The largest absolute Gasteiger partial charge is 0.504 e. The van der Waals surface area contributed by atoms with E-state index < -0.39 is 0 Å². The molecule has 0 bridgehead atoms. The van der Waals surface area contributed by atoms with Crippen LogP contribution in [-0.2, 0) is 6.54 Å². The zero-order valence-electron chi connectivity index (χ0n) is 19.0. The molecule has 1 aromatic heterocycles. The Morgan fingerprint density at radius 3 is 2.74 bits per heavy atom. The third-order valence-corrected chi connectivity index (χ3v) is 5.91. The zero-order chi connectivity index (χ0) is 23.3. The molecule has 4 aromatic rings. The molecule has 0 fully saturated rings. The van der Waals surface area contributed by atoms with Gasteiger partial charge in [0.15, 0.2) is 23.0 Å². The molecular formula is C27H27N3O4. The number of anilines is 1. The molecule has 34 heavy (non-hydrogen) atoms. The van der Waals surface area contributed by atoms with Crippen LogP contribution in [0.25, 0.3) is 22.0 Å². The second kappa shape index (κ2) is 9.89. The Labute approximate surface area is 198 Å². The maximum Gasteiger partial charge on any atom is 0.231 e. The van der Waals surface area contributed by atoms with Crippen LogP contribution < -0.4 is 24.8 Å². The first kappa shape index (κ1) is 21.9. The lowest BCUT2D eigenvalue weighted by atomic mass is 10.0. The summed E-state index contributed by atoms with van der Waals surface area (Å²) in [4.78, 5) is 4.57. The number of phenols is 1. The van der Waals surface area contributed by atoms with Crippen LogP contribution in [0.5, 0.6) is 23.0 Å². The average Bonchev–Trinajstić information content (AvgIpc) is 3.35. The van der Waals surface area contributed by atoms with E-state index in [-0.39, 0.29) is 12.5 Å². The van der Waals surface area contributed by atoms with Gasteiger partial charge in [-0.15, -0.1) is 0 Å². The number of fused-ring (bicyclic) bond motifs is 2. The summed E-state index contributed by atoms with van der Waals surface area (Å²) in [5.41, 5.74) is 4.98. The van der Waals surface area contributed by atoms with Gasteiger partial charge in [-0.1, -0.05) is 30.3 Å².